The van der Waals surface area contributed by atoms with Gasteiger partial charge < -0.3 is 10.5 Å². The minimum atomic E-state index is -0.552. The molecule has 8 heteroatoms. The molecule has 0 aliphatic carbocycles. The lowest BCUT2D eigenvalue weighted by atomic mass is 10.1. The Bertz CT molecular complexity index is 1120. The van der Waals surface area contributed by atoms with Crippen LogP contribution in [0.5, 0.6) is 5.75 Å². The highest BCUT2D eigenvalue weighted by Crippen LogP contribution is 2.39. The molecule has 0 fully saturated rings. The van der Waals surface area contributed by atoms with E-state index in [9.17, 15) is 4.79 Å². The Hall–Kier alpha value is -2.84. The first kappa shape index (κ1) is 16.6. The fraction of sp³-hybridized carbons (Fsp3) is 0.111. The van der Waals surface area contributed by atoms with Crippen LogP contribution >= 0.6 is 22.7 Å². The fourth-order valence-electron chi connectivity index (χ4n) is 2.58. The number of hydrogen-bond donors (Lipinski definition) is 1. The van der Waals surface area contributed by atoms with Crippen LogP contribution in [0.1, 0.15) is 15.5 Å². The van der Waals surface area contributed by atoms with Crippen LogP contribution < -0.4 is 10.5 Å². The maximum atomic E-state index is 11.5. The summed E-state index contributed by atoms with van der Waals surface area (Å²) in [5.74, 6) is 0.0505. The monoisotopic (exact) mass is 382 g/mol. The van der Waals surface area contributed by atoms with Gasteiger partial charge in [-0.2, -0.15) is 0 Å². The summed E-state index contributed by atoms with van der Waals surface area (Å²) in [6.45, 7) is 1.95. The molecule has 3 heterocycles. The zero-order valence-corrected chi connectivity index (χ0v) is 15.6. The predicted molar refractivity (Wildman–Crippen MR) is 104 cm³/mol. The molecule has 1 amide bonds. The van der Waals surface area contributed by atoms with Gasteiger partial charge in [0.05, 0.1) is 17.5 Å². The fourth-order valence-corrected chi connectivity index (χ4v) is 4.35. The Labute approximate surface area is 157 Å². The summed E-state index contributed by atoms with van der Waals surface area (Å²) in [4.78, 5) is 24.9. The van der Waals surface area contributed by atoms with Crippen LogP contribution in [0.4, 0.5) is 0 Å². The predicted octanol–water partition coefficient (Wildman–Crippen LogP) is 3.90. The lowest BCUT2D eigenvalue weighted by molar-refractivity contribution is 0.1000. The van der Waals surface area contributed by atoms with E-state index in [0.29, 0.717) is 11.3 Å². The minimum absolute atomic E-state index is 0.254. The molecule has 0 saturated heterocycles. The number of nitrogens with two attached hydrogens (primary N) is 1. The van der Waals surface area contributed by atoms with E-state index in [0.717, 1.165) is 32.2 Å². The van der Waals surface area contributed by atoms with Gasteiger partial charge in [-0.05, 0) is 31.2 Å². The van der Waals surface area contributed by atoms with Gasteiger partial charge in [0.1, 0.15) is 16.3 Å². The van der Waals surface area contributed by atoms with Crippen LogP contribution in [0, 0.1) is 6.92 Å². The zero-order chi connectivity index (χ0) is 18.3. The van der Waals surface area contributed by atoms with Gasteiger partial charge in [0, 0.05) is 28.4 Å². The average Bonchev–Trinajstić information content (AvgIpc) is 3.29. The van der Waals surface area contributed by atoms with Gasteiger partial charge in [0.25, 0.3) is 5.91 Å². The third kappa shape index (κ3) is 2.83. The quantitative estimate of drug-likeness (QED) is 0.578. The second-order valence-electron chi connectivity index (χ2n) is 5.60. The Morgan fingerprint density at radius 2 is 2.04 bits per heavy atom. The molecule has 0 spiro atoms. The highest BCUT2D eigenvalue weighted by Gasteiger charge is 2.18. The van der Waals surface area contributed by atoms with Crippen molar-refractivity contribution in [3.8, 4) is 27.6 Å². The third-order valence-electron chi connectivity index (χ3n) is 3.88. The lowest BCUT2D eigenvalue weighted by Gasteiger charge is -2.03. The Balaban J connectivity index is 1.84. The van der Waals surface area contributed by atoms with E-state index in [4.69, 9.17) is 15.5 Å². The molecule has 0 radical (unpaired) electrons. The minimum Gasteiger partial charge on any atom is -0.494 e. The first-order chi connectivity index (χ1) is 12.6. The first-order valence-electron chi connectivity index (χ1n) is 7.73. The number of carbonyl (C=O) groups is 1. The maximum Gasteiger partial charge on any atom is 0.277 e. The molecule has 0 saturated carbocycles. The molecule has 4 rings (SSSR count). The molecule has 1 aromatic carbocycles. The largest absolute Gasteiger partial charge is 0.494 e. The van der Waals surface area contributed by atoms with Crippen LogP contribution in [0.2, 0.25) is 0 Å². The van der Waals surface area contributed by atoms with Crippen LogP contribution in [0.15, 0.2) is 35.8 Å². The van der Waals surface area contributed by atoms with E-state index in [1.165, 1.54) is 11.3 Å². The van der Waals surface area contributed by atoms with E-state index in [1.54, 1.807) is 18.4 Å². The number of benzene rings is 1. The van der Waals surface area contributed by atoms with Crippen molar-refractivity contribution in [2.75, 3.05) is 7.11 Å². The van der Waals surface area contributed by atoms with Crippen molar-refractivity contribution < 1.29 is 9.53 Å². The number of fused-ring (bicyclic) bond motifs is 1. The Kier molecular flexibility index (Phi) is 4.14. The van der Waals surface area contributed by atoms with Crippen LogP contribution in [0.25, 0.3) is 32.0 Å². The van der Waals surface area contributed by atoms with Gasteiger partial charge in [-0.1, -0.05) is 0 Å². The molecule has 0 bridgehead atoms. The molecule has 130 valence electrons. The van der Waals surface area contributed by atoms with Crippen LogP contribution in [-0.4, -0.2) is 28.0 Å². The SMILES string of the molecule is COc1ccc(-c2csc(-c3ccc(C)nc3)n2)c2sc(C(N)=O)nc12. The van der Waals surface area contributed by atoms with Crippen molar-refractivity contribution in [2.24, 2.45) is 5.73 Å². The first-order valence-corrected chi connectivity index (χ1v) is 9.42. The average molecular weight is 382 g/mol. The molecule has 2 N–H and O–H groups in total. The summed E-state index contributed by atoms with van der Waals surface area (Å²) >= 11 is 2.80. The maximum absolute atomic E-state index is 11.5. The molecule has 3 aromatic heterocycles. The number of primary amides is 1. The highest BCUT2D eigenvalue weighted by atomic mass is 32.1. The van der Waals surface area contributed by atoms with Crippen molar-refractivity contribution in [1.29, 1.82) is 0 Å². The number of amides is 1. The van der Waals surface area contributed by atoms with Crippen molar-refractivity contribution in [1.82, 2.24) is 15.0 Å². The van der Waals surface area contributed by atoms with Crippen molar-refractivity contribution in [3.63, 3.8) is 0 Å². The van der Waals surface area contributed by atoms with Gasteiger partial charge in [-0.15, -0.1) is 22.7 Å². The summed E-state index contributed by atoms with van der Waals surface area (Å²) in [5, 5.41) is 3.13. The molecule has 6 nitrogen and oxygen atoms in total. The number of hydrogen-bond acceptors (Lipinski definition) is 7. The van der Waals surface area contributed by atoms with E-state index < -0.39 is 5.91 Å². The highest BCUT2D eigenvalue weighted by molar-refractivity contribution is 7.21. The molecular weight excluding hydrogens is 368 g/mol. The Morgan fingerprint density at radius 1 is 1.19 bits per heavy atom. The topological polar surface area (TPSA) is 91.0 Å². The molecule has 0 unspecified atom stereocenters. The smallest absolute Gasteiger partial charge is 0.277 e. The molecular formula is C18H14N4O2S2. The number of thiazole rings is 2. The normalized spacial score (nSPS) is 11.0. The number of pyridine rings is 1. The number of carbonyl (C=O) groups excluding carboxylic acids is 1. The van der Waals surface area contributed by atoms with Crippen molar-refractivity contribution in [2.45, 2.75) is 6.92 Å². The number of ether oxygens (including phenoxy) is 1. The van der Waals surface area contributed by atoms with Gasteiger partial charge in [-0.3, -0.25) is 9.78 Å². The molecule has 0 atom stereocenters. The van der Waals surface area contributed by atoms with Gasteiger partial charge in [0.2, 0.25) is 0 Å². The standard InChI is InChI=1S/C18H14N4O2S2/c1-9-3-4-10(7-20-9)17-21-12(8-25-17)11-5-6-13(24-2)14-15(11)26-18(22-14)16(19)23/h3-8H,1-2H3,(H2,19,23). The van der Waals surface area contributed by atoms with Crippen LogP contribution in [-0.2, 0) is 0 Å². The Morgan fingerprint density at radius 3 is 2.73 bits per heavy atom. The molecule has 26 heavy (non-hydrogen) atoms. The zero-order valence-electron chi connectivity index (χ0n) is 14.0. The molecule has 0 aliphatic heterocycles. The summed E-state index contributed by atoms with van der Waals surface area (Å²) in [5.41, 5.74) is 9.67. The second-order valence-corrected chi connectivity index (χ2v) is 7.46. The van der Waals surface area contributed by atoms with E-state index in [2.05, 4.69) is 9.97 Å². The van der Waals surface area contributed by atoms with Gasteiger partial charge >= 0.3 is 0 Å². The number of aryl methyl sites for hydroxylation is 1. The molecule has 0 aliphatic rings. The lowest BCUT2D eigenvalue weighted by Crippen LogP contribution is -2.09. The summed E-state index contributed by atoms with van der Waals surface area (Å²) in [6.07, 6.45) is 1.82. The number of nitrogens with zero attached hydrogens (tertiary/aromatic N) is 3. The number of methoxy groups -OCH3 is 1. The van der Waals surface area contributed by atoms with Crippen molar-refractivity contribution in [3.05, 3.63) is 46.5 Å². The number of aromatic nitrogens is 3. The van der Waals surface area contributed by atoms with Gasteiger partial charge in [-0.25, -0.2) is 9.97 Å². The van der Waals surface area contributed by atoms with Crippen molar-refractivity contribution >= 4 is 38.8 Å². The molecule has 4 aromatic rings. The van der Waals surface area contributed by atoms with E-state index in [1.807, 2.05) is 42.8 Å². The van der Waals surface area contributed by atoms with E-state index >= 15 is 0 Å². The second kappa shape index (κ2) is 6.47. The van der Waals surface area contributed by atoms with E-state index in [-0.39, 0.29) is 5.01 Å². The van der Waals surface area contributed by atoms with Crippen LogP contribution in [0.3, 0.4) is 0 Å². The number of rotatable bonds is 4. The van der Waals surface area contributed by atoms with Gasteiger partial charge in [0.15, 0.2) is 5.01 Å². The third-order valence-corrected chi connectivity index (χ3v) is 5.87. The summed E-state index contributed by atoms with van der Waals surface area (Å²) in [6, 6.07) is 7.72. The summed E-state index contributed by atoms with van der Waals surface area (Å²) in [7, 11) is 1.57. The summed E-state index contributed by atoms with van der Waals surface area (Å²) < 4.78 is 6.19.